The number of carbonyl (C=O) groups is 1. The summed E-state index contributed by atoms with van der Waals surface area (Å²) >= 11 is 0. The zero-order chi connectivity index (χ0) is 13.8. The molecule has 0 fully saturated rings. The molecular formula is C15H21NO3. The number of benzene rings is 1. The first kappa shape index (κ1) is 13.9. The largest absolute Gasteiger partial charge is 0.479 e. The van der Waals surface area contributed by atoms with Crippen LogP contribution in [0, 0.1) is 0 Å². The van der Waals surface area contributed by atoms with Crippen molar-refractivity contribution >= 4 is 5.97 Å². The normalized spacial score (nSPS) is 19.6. The predicted octanol–water partition coefficient (Wildman–Crippen LogP) is 2.65. The van der Waals surface area contributed by atoms with Crippen LogP contribution in [0.2, 0.25) is 0 Å². The fourth-order valence-corrected chi connectivity index (χ4v) is 2.55. The maximum atomic E-state index is 11.1. The summed E-state index contributed by atoms with van der Waals surface area (Å²) in [6.45, 7) is 1.95. The summed E-state index contributed by atoms with van der Waals surface area (Å²) in [4.78, 5) is 11.1. The van der Waals surface area contributed by atoms with E-state index in [0.29, 0.717) is 12.2 Å². The summed E-state index contributed by atoms with van der Waals surface area (Å²) in [6.07, 6.45) is 3.65. The van der Waals surface area contributed by atoms with Crippen molar-refractivity contribution in [2.24, 2.45) is 5.73 Å². The van der Waals surface area contributed by atoms with E-state index >= 15 is 0 Å². The third kappa shape index (κ3) is 3.26. The molecule has 0 saturated carbocycles. The van der Waals surface area contributed by atoms with Gasteiger partial charge in [-0.05, 0) is 48.9 Å². The maximum absolute atomic E-state index is 11.1. The van der Waals surface area contributed by atoms with Crippen molar-refractivity contribution in [2.45, 2.75) is 51.2 Å². The van der Waals surface area contributed by atoms with E-state index in [0.717, 1.165) is 31.2 Å². The van der Waals surface area contributed by atoms with Crippen LogP contribution in [0.4, 0.5) is 0 Å². The molecule has 19 heavy (non-hydrogen) atoms. The van der Waals surface area contributed by atoms with Gasteiger partial charge in [0.1, 0.15) is 5.75 Å². The highest BCUT2D eigenvalue weighted by molar-refractivity contribution is 5.72. The van der Waals surface area contributed by atoms with Gasteiger partial charge < -0.3 is 15.6 Å². The van der Waals surface area contributed by atoms with E-state index in [1.807, 2.05) is 25.1 Å². The minimum absolute atomic E-state index is 0.0433. The van der Waals surface area contributed by atoms with Gasteiger partial charge in [0, 0.05) is 6.04 Å². The first-order valence-corrected chi connectivity index (χ1v) is 6.89. The van der Waals surface area contributed by atoms with Gasteiger partial charge in [-0.25, -0.2) is 4.79 Å². The Morgan fingerprint density at radius 2 is 2.37 bits per heavy atom. The lowest BCUT2D eigenvalue weighted by molar-refractivity contribution is -0.145. The standard InChI is InChI=1S/C15H21NO3/c1-2-4-14(15(17)18)19-11-8-7-10-5-3-6-13(16)12(10)9-11/h7-9,13-14H,2-6,16H2,1H3,(H,17,18). The summed E-state index contributed by atoms with van der Waals surface area (Å²) in [5.74, 6) is -0.305. The zero-order valence-electron chi connectivity index (χ0n) is 11.3. The molecule has 0 spiro atoms. The van der Waals surface area contributed by atoms with Gasteiger partial charge in [-0.3, -0.25) is 0 Å². The smallest absolute Gasteiger partial charge is 0.344 e. The van der Waals surface area contributed by atoms with Crippen molar-refractivity contribution in [3.05, 3.63) is 29.3 Å². The second-order valence-electron chi connectivity index (χ2n) is 5.09. The molecule has 4 heteroatoms. The van der Waals surface area contributed by atoms with Crippen molar-refractivity contribution in [1.82, 2.24) is 0 Å². The minimum atomic E-state index is -0.913. The third-order valence-electron chi connectivity index (χ3n) is 3.58. The van der Waals surface area contributed by atoms with Gasteiger partial charge in [0.05, 0.1) is 0 Å². The average molecular weight is 263 g/mol. The molecule has 1 aromatic rings. The molecule has 2 rings (SSSR count). The number of aryl methyl sites for hydroxylation is 1. The Bertz CT molecular complexity index is 459. The van der Waals surface area contributed by atoms with Crippen molar-refractivity contribution in [1.29, 1.82) is 0 Å². The molecule has 2 unspecified atom stereocenters. The third-order valence-corrected chi connectivity index (χ3v) is 3.58. The van der Waals surface area contributed by atoms with Crippen molar-refractivity contribution in [3.63, 3.8) is 0 Å². The topological polar surface area (TPSA) is 72.5 Å². The van der Waals surface area contributed by atoms with E-state index in [-0.39, 0.29) is 6.04 Å². The van der Waals surface area contributed by atoms with Crippen LogP contribution in [0.25, 0.3) is 0 Å². The molecule has 0 saturated heterocycles. The number of carboxylic acids is 1. The molecule has 0 bridgehead atoms. The molecule has 1 aliphatic rings. The van der Waals surface area contributed by atoms with E-state index in [9.17, 15) is 4.79 Å². The van der Waals surface area contributed by atoms with Crippen LogP contribution < -0.4 is 10.5 Å². The predicted molar refractivity (Wildman–Crippen MR) is 73.3 cm³/mol. The van der Waals surface area contributed by atoms with E-state index in [1.165, 1.54) is 5.56 Å². The molecule has 0 heterocycles. The monoisotopic (exact) mass is 263 g/mol. The molecular weight excluding hydrogens is 242 g/mol. The van der Waals surface area contributed by atoms with Gasteiger partial charge in [0.25, 0.3) is 0 Å². The van der Waals surface area contributed by atoms with E-state index in [2.05, 4.69) is 0 Å². The molecule has 0 amide bonds. The number of ether oxygens (including phenoxy) is 1. The Morgan fingerprint density at radius 1 is 1.58 bits per heavy atom. The molecule has 2 atom stereocenters. The summed E-state index contributed by atoms with van der Waals surface area (Å²) in [5, 5.41) is 9.11. The fraction of sp³-hybridized carbons (Fsp3) is 0.533. The van der Waals surface area contributed by atoms with Gasteiger partial charge in [0.2, 0.25) is 0 Å². The highest BCUT2D eigenvalue weighted by Crippen LogP contribution is 2.31. The highest BCUT2D eigenvalue weighted by atomic mass is 16.5. The molecule has 0 aromatic heterocycles. The van der Waals surface area contributed by atoms with E-state index in [4.69, 9.17) is 15.6 Å². The van der Waals surface area contributed by atoms with Crippen LogP contribution in [-0.4, -0.2) is 17.2 Å². The van der Waals surface area contributed by atoms with Crippen LogP contribution in [0.1, 0.15) is 49.8 Å². The van der Waals surface area contributed by atoms with Gasteiger partial charge in [-0.15, -0.1) is 0 Å². The lowest BCUT2D eigenvalue weighted by atomic mass is 9.88. The fourth-order valence-electron chi connectivity index (χ4n) is 2.55. The van der Waals surface area contributed by atoms with Gasteiger partial charge >= 0.3 is 5.97 Å². The van der Waals surface area contributed by atoms with Crippen molar-refractivity contribution < 1.29 is 14.6 Å². The summed E-state index contributed by atoms with van der Waals surface area (Å²) in [6, 6.07) is 5.81. The first-order valence-electron chi connectivity index (χ1n) is 6.89. The summed E-state index contributed by atoms with van der Waals surface area (Å²) in [5.41, 5.74) is 8.45. The van der Waals surface area contributed by atoms with Crippen LogP contribution in [0.15, 0.2) is 18.2 Å². The molecule has 3 N–H and O–H groups in total. The molecule has 0 radical (unpaired) electrons. The number of fused-ring (bicyclic) bond motifs is 1. The lowest BCUT2D eigenvalue weighted by Crippen LogP contribution is -2.27. The Morgan fingerprint density at radius 3 is 3.05 bits per heavy atom. The molecule has 4 nitrogen and oxygen atoms in total. The minimum Gasteiger partial charge on any atom is -0.479 e. The second-order valence-corrected chi connectivity index (χ2v) is 5.09. The van der Waals surface area contributed by atoms with Crippen LogP contribution >= 0.6 is 0 Å². The maximum Gasteiger partial charge on any atom is 0.344 e. The van der Waals surface area contributed by atoms with E-state index < -0.39 is 12.1 Å². The Balaban J connectivity index is 2.17. The van der Waals surface area contributed by atoms with Crippen molar-refractivity contribution in [2.75, 3.05) is 0 Å². The summed E-state index contributed by atoms with van der Waals surface area (Å²) in [7, 11) is 0. The summed E-state index contributed by atoms with van der Waals surface area (Å²) < 4.78 is 5.58. The number of hydrogen-bond acceptors (Lipinski definition) is 3. The molecule has 104 valence electrons. The number of nitrogens with two attached hydrogens (primary N) is 1. The SMILES string of the molecule is CCCC(Oc1ccc2c(c1)C(N)CCC2)C(=O)O. The van der Waals surface area contributed by atoms with Crippen LogP contribution in [0.5, 0.6) is 5.75 Å². The van der Waals surface area contributed by atoms with Gasteiger partial charge in [0.15, 0.2) is 6.10 Å². The molecule has 0 aliphatic heterocycles. The highest BCUT2D eigenvalue weighted by Gasteiger charge is 2.21. The number of carboxylic acid groups (broad SMARTS) is 1. The average Bonchev–Trinajstić information content (AvgIpc) is 2.39. The van der Waals surface area contributed by atoms with Crippen LogP contribution in [0.3, 0.4) is 0 Å². The lowest BCUT2D eigenvalue weighted by Gasteiger charge is -2.23. The Hall–Kier alpha value is -1.55. The Kier molecular flexibility index (Phi) is 4.43. The van der Waals surface area contributed by atoms with Crippen LogP contribution in [-0.2, 0) is 11.2 Å². The molecule has 1 aromatic carbocycles. The zero-order valence-corrected chi connectivity index (χ0v) is 11.3. The Labute approximate surface area is 113 Å². The van der Waals surface area contributed by atoms with E-state index in [1.54, 1.807) is 0 Å². The second kappa shape index (κ2) is 6.06. The van der Waals surface area contributed by atoms with Gasteiger partial charge in [-0.2, -0.15) is 0 Å². The number of rotatable bonds is 5. The number of aliphatic carboxylic acids is 1. The first-order chi connectivity index (χ1) is 9.11. The molecule has 1 aliphatic carbocycles. The quantitative estimate of drug-likeness (QED) is 0.856. The number of hydrogen-bond donors (Lipinski definition) is 2. The van der Waals surface area contributed by atoms with Crippen molar-refractivity contribution in [3.8, 4) is 5.75 Å². The van der Waals surface area contributed by atoms with Gasteiger partial charge in [-0.1, -0.05) is 19.4 Å².